The molecule has 1 amide bonds. The van der Waals surface area contributed by atoms with Crippen molar-refractivity contribution in [3.8, 4) is 0 Å². The summed E-state index contributed by atoms with van der Waals surface area (Å²) in [6.45, 7) is 19.6. The highest BCUT2D eigenvalue weighted by atomic mass is 16.7. The Morgan fingerprint density at radius 1 is 0.688 bits per heavy atom. The molecule has 11 heteroatoms. The molecule has 2 heterocycles. The van der Waals surface area contributed by atoms with E-state index in [9.17, 15) is 24.0 Å². The molecule has 0 saturated carbocycles. The van der Waals surface area contributed by atoms with Crippen LogP contribution in [-0.2, 0) is 47.7 Å². The summed E-state index contributed by atoms with van der Waals surface area (Å²) in [5, 5.41) is 0. The Morgan fingerprint density at radius 2 is 1.15 bits per heavy atom. The van der Waals surface area contributed by atoms with E-state index in [1.165, 1.54) is 4.90 Å². The molecule has 0 unspecified atom stereocenters. The molecule has 2 aliphatic rings. The SMILES string of the molecule is CC(C)(C)C(=O)OC[C@H]1O[C@@H](N2C=C[C@H](c3ccccc3)CC2=O)[C@H](OC(=O)C(C)(C)C)[C@@H](OC(=O)C(C)(C)C)[C@H]1OC(=O)C(C)(C)C. The average molecular weight is 672 g/mol. The molecular formula is C37H53NO10. The minimum Gasteiger partial charge on any atom is -0.462 e. The van der Waals surface area contributed by atoms with Gasteiger partial charge in [-0.05, 0) is 88.6 Å². The van der Waals surface area contributed by atoms with Crippen molar-refractivity contribution >= 4 is 29.8 Å². The fourth-order valence-corrected chi connectivity index (χ4v) is 4.73. The Labute approximate surface area is 284 Å². The molecule has 3 rings (SSSR count). The number of carbonyl (C=O) groups is 5. The lowest BCUT2D eigenvalue weighted by Gasteiger charge is -2.48. The Balaban J connectivity index is 2.19. The summed E-state index contributed by atoms with van der Waals surface area (Å²) in [6, 6.07) is 9.53. The second kappa shape index (κ2) is 14.4. The van der Waals surface area contributed by atoms with E-state index in [0.29, 0.717) is 0 Å². The molecule has 1 fully saturated rings. The van der Waals surface area contributed by atoms with E-state index in [2.05, 4.69) is 0 Å². The van der Waals surface area contributed by atoms with Gasteiger partial charge in [-0.15, -0.1) is 0 Å². The van der Waals surface area contributed by atoms with Crippen molar-refractivity contribution in [2.75, 3.05) is 6.61 Å². The number of allylic oxidation sites excluding steroid dienone is 1. The zero-order valence-electron chi connectivity index (χ0n) is 30.4. The topological polar surface area (TPSA) is 135 Å². The number of benzene rings is 1. The third kappa shape index (κ3) is 9.67. The third-order valence-corrected chi connectivity index (χ3v) is 7.83. The van der Waals surface area contributed by atoms with Gasteiger partial charge in [-0.1, -0.05) is 36.4 Å². The van der Waals surface area contributed by atoms with Gasteiger partial charge in [0.05, 0.1) is 21.7 Å². The maximum atomic E-state index is 13.9. The van der Waals surface area contributed by atoms with Gasteiger partial charge >= 0.3 is 23.9 Å². The molecule has 48 heavy (non-hydrogen) atoms. The number of rotatable bonds is 7. The molecule has 6 atom stereocenters. The molecule has 11 nitrogen and oxygen atoms in total. The standard InChI is InChI=1S/C37H53NO10/c1-34(2,3)30(40)44-21-24-26(46-31(41)35(4,5)6)27(47-32(42)36(7,8)9)28(48-33(43)37(10,11)12)29(45-24)38-19-18-23(20-25(38)39)22-16-14-13-15-17-22/h13-19,23-24,26-29H,20-21H2,1-12H3/t23-,24+,26-,27-,28+,29+/m0/s1. The molecule has 1 aromatic carbocycles. The van der Waals surface area contributed by atoms with Crippen LogP contribution in [0.25, 0.3) is 0 Å². The van der Waals surface area contributed by atoms with Gasteiger partial charge in [-0.3, -0.25) is 28.9 Å². The normalized spacial score (nSPS) is 25.2. The quantitative estimate of drug-likeness (QED) is 0.262. The number of carbonyl (C=O) groups excluding carboxylic acids is 5. The van der Waals surface area contributed by atoms with E-state index in [1.54, 1.807) is 89.3 Å². The monoisotopic (exact) mass is 671 g/mol. The van der Waals surface area contributed by atoms with Crippen LogP contribution in [0, 0.1) is 21.7 Å². The summed E-state index contributed by atoms with van der Waals surface area (Å²) >= 11 is 0. The second-order valence-electron chi connectivity index (χ2n) is 16.6. The minimum absolute atomic E-state index is 0.0822. The number of hydrogen-bond donors (Lipinski definition) is 0. The number of esters is 4. The van der Waals surface area contributed by atoms with Crippen LogP contribution in [-0.4, -0.2) is 71.9 Å². The van der Waals surface area contributed by atoms with Gasteiger partial charge in [0.15, 0.2) is 24.5 Å². The number of amides is 1. The predicted molar refractivity (Wildman–Crippen MR) is 177 cm³/mol. The molecule has 1 saturated heterocycles. The first-order valence-electron chi connectivity index (χ1n) is 16.4. The van der Waals surface area contributed by atoms with E-state index >= 15 is 0 Å². The van der Waals surface area contributed by atoms with Gasteiger partial charge in [0.25, 0.3) is 0 Å². The van der Waals surface area contributed by atoms with Crippen LogP contribution in [0.5, 0.6) is 0 Å². The van der Waals surface area contributed by atoms with E-state index in [4.69, 9.17) is 23.7 Å². The van der Waals surface area contributed by atoms with E-state index < -0.39 is 82.8 Å². The zero-order valence-corrected chi connectivity index (χ0v) is 30.4. The Kier molecular flexibility index (Phi) is 11.6. The van der Waals surface area contributed by atoms with Crippen molar-refractivity contribution in [2.45, 2.75) is 126 Å². The predicted octanol–water partition coefficient (Wildman–Crippen LogP) is 5.70. The summed E-state index contributed by atoms with van der Waals surface area (Å²) in [5.41, 5.74) is -2.92. The first kappa shape index (κ1) is 38.7. The maximum absolute atomic E-state index is 13.9. The number of nitrogens with zero attached hydrogens (tertiary/aromatic N) is 1. The lowest BCUT2D eigenvalue weighted by Crippen LogP contribution is -2.67. The van der Waals surface area contributed by atoms with Gasteiger partial charge in [-0.25, -0.2) is 0 Å². The zero-order chi connectivity index (χ0) is 36.4. The molecule has 0 aliphatic carbocycles. The molecule has 0 spiro atoms. The largest absolute Gasteiger partial charge is 0.462 e. The van der Waals surface area contributed by atoms with Crippen molar-refractivity contribution in [1.82, 2.24) is 4.90 Å². The van der Waals surface area contributed by atoms with Gasteiger partial charge in [0.1, 0.15) is 12.7 Å². The smallest absolute Gasteiger partial charge is 0.311 e. The van der Waals surface area contributed by atoms with Crippen molar-refractivity contribution < 1.29 is 47.7 Å². The fraction of sp³-hybridized carbons (Fsp3) is 0.649. The summed E-state index contributed by atoms with van der Waals surface area (Å²) in [6.07, 6.45) is -3.32. The third-order valence-electron chi connectivity index (χ3n) is 7.83. The van der Waals surface area contributed by atoms with Crippen molar-refractivity contribution in [2.24, 2.45) is 21.7 Å². The summed E-state index contributed by atoms with van der Waals surface area (Å²) in [5.74, 6) is -3.09. The van der Waals surface area contributed by atoms with Crippen molar-refractivity contribution in [3.05, 3.63) is 48.2 Å². The van der Waals surface area contributed by atoms with Gasteiger partial charge < -0.3 is 23.7 Å². The molecule has 0 N–H and O–H groups in total. The highest BCUT2D eigenvalue weighted by Gasteiger charge is 2.56. The lowest BCUT2D eigenvalue weighted by molar-refractivity contribution is -0.278. The molecule has 0 radical (unpaired) electrons. The highest BCUT2D eigenvalue weighted by Crippen LogP contribution is 2.37. The molecular weight excluding hydrogens is 618 g/mol. The lowest BCUT2D eigenvalue weighted by atomic mass is 9.90. The molecule has 266 valence electrons. The highest BCUT2D eigenvalue weighted by molar-refractivity contribution is 5.81. The van der Waals surface area contributed by atoms with Gasteiger partial charge in [-0.2, -0.15) is 0 Å². The summed E-state index contributed by atoms with van der Waals surface area (Å²) < 4.78 is 30.3. The Morgan fingerprint density at radius 3 is 1.60 bits per heavy atom. The molecule has 1 aromatic rings. The maximum Gasteiger partial charge on any atom is 0.311 e. The second-order valence-corrected chi connectivity index (χ2v) is 16.6. The van der Waals surface area contributed by atoms with E-state index in [-0.39, 0.29) is 18.2 Å². The summed E-state index contributed by atoms with van der Waals surface area (Å²) in [7, 11) is 0. The Hall–Kier alpha value is -3.73. The van der Waals surface area contributed by atoms with Crippen LogP contribution in [0.4, 0.5) is 0 Å². The Bertz CT molecular complexity index is 1370. The van der Waals surface area contributed by atoms with Crippen LogP contribution in [0.15, 0.2) is 42.6 Å². The average Bonchev–Trinajstić information content (AvgIpc) is 2.96. The first-order valence-corrected chi connectivity index (χ1v) is 16.4. The van der Waals surface area contributed by atoms with Gasteiger partial charge in [0.2, 0.25) is 5.91 Å². The van der Waals surface area contributed by atoms with Crippen LogP contribution < -0.4 is 0 Å². The molecule has 0 aromatic heterocycles. The fourth-order valence-electron chi connectivity index (χ4n) is 4.73. The van der Waals surface area contributed by atoms with Crippen LogP contribution in [0.3, 0.4) is 0 Å². The van der Waals surface area contributed by atoms with Gasteiger partial charge in [0, 0.05) is 18.5 Å². The van der Waals surface area contributed by atoms with Crippen LogP contribution >= 0.6 is 0 Å². The molecule has 2 aliphatic heterocycles. The van der Waals surface area contributed by atoms with E-state index in [1.807, 2.05) is 36.4 Å². The van der Waals surface area contributed by atoms with Crippen LogP contribution in [0.1, 0.15) is 101 Å². The van der Waals surface area contributed by atoms with Crippen molar-refractivity contribution in [1.29, 1.82) is 0 Å². The van der Waals surface area contributed by atoms with Crippen molar-refractivity contribution in [3.63, 3.8) is 0 Å². The van der Waals surface area contributed by atoms with Crippen LogP contribution in [0.2, 0.25) is 0 Å². The molecule has 0 bridgehead atoms. The first-order chi connectivity index (χ1) is 21.9. The summed E-state index contributed by atoms with van der Waals surface area (Å²) in [4.78, 5) is 68.5. The van der Waals surface area contributed by atoms with E-state index in [0.717, 1.165) is 5.56 Å². The number of ether oxygens (including phenoxy) is 5. The minimum atomic E-state index is -1.44. The number of hydrogen-bond acceptors (Lipinski definition) is 10.